The fourth-order valence-electron chi connectivity index (χ4n) is 4.11. The lowest BCUT2D eigenvalue weighted by atomic mass is 10.2. The molecule has 0 unspecified atom stereocenters. The van der Waals surface area contributed by atoms with Gasteiger partial charge >= 0.3 is 5.97 Å². The van der Waals surface area contributed by atoms with Gasteiger partial charge < -0.3 is 9.47 Å². The van der Waals surface area contributed by atoms with Crippen LogP contribution in [0.4, 0.5) is 5.69 Å². The van der Waals surface area contributed by atoms with Crippen molar-refractivity contribution < 1.29 is 19.2 Å². The summed E-state index contributed by atoms with van der Waals surface area (Å²) in [6.07, 6.45) is 4.19. The minimum absolute atomic E-state index is 0.0485. The lowest BCUT2D eigenvalue weighted by Gasteiger charge is -2.11. The Labute approximate surface area is 250 Å². The van der Waals surface area contributed by atoms with Gasteiger partial charge in [0.15, 0.2) is 17.3 Å². The average molecular weight is 595 g/mol. The van der Waals surface area contributed by atoms with Crippen LogP contribution in [0, 0.1) is 10.1 Å². The van der Waals surface area contributed by atoms with Crippen LogP contribution in [0.1, 0.15) is 18.1 Å². The molecule has 0 aliphatic heterocycles. The van der Waals surface area contributed by atoms with Gasteiger partial charge in [0, 0.05) is 28.8 Å². The van der Waals surface area contributed by atoms with Crippen molar-refractivity contribution in [2.75, 3.05) is 6.61 Å². The van der Waals surface area contributed by atoms with Gasteiger partial charge in [-0.15, -0.1) is 0 Å². The molecule has 10 nitrogen and oxygen atoms in total. The summed E-state index contributed by atoms with van der Waals surface area (Å²) in [6, 6.07) is 24.6. The van der Waals surface area contributed by atoms with E-state index in [1.807, 2.05) is 6.07 Å². The predicted molar refractivity (Wildman–Crippen MR) is 165 cm³/mol. The molecular formula is C32H23ClN4O6. The number of carbonyl (C=O) groups is 1. The van der Waals surface area contributed by atoms with E-state index in [0.717, 1.165) is 0 Å². The molecule has 0 aliphatic carbocycles. The number of carbonyl (C=O) groups excluding carboxylic acids is 1. The van der Waals surface area contributed by atoms with Gasteiger partial charge in [0.05, 0.1) is 28.6 Å². The Bertz CT molecular complexity index is 1930. The lowest BCUT2D eigenvalue weighted by Crippen LogP contribution is -2.20. The van der Waals surface area contributed by atoms with Gasteiger partial charge in [0.25, 0.3) is 11.2 Å². The number of hydrogen-bond donors (Lipinski definition) is 0. The number of nitro groups is 1. The highest BCUT2D eigenvalue weighted by Crippen LogP contribution is 2.29. The van der Waals surface area contributed by atoms with Crippen molar-refractivity contribution in [3.8, 4) is 22.9 Å². The molecule has 0 fully saturated rings. The van der Waals surface area contributed by atoms with Crippen LogP contribution < -0.4 is 15.0 Å². The average Bonchev–Trinajstić information content (AvgIpc) is 3.01. The topological polar surface area (TPSA) is 126 Å². The Hall–Kier alpha value is -5.61. The second-order valence-electron chi connectivity index (χ2n) is 9.06. The molecule has 0 aliphatic rings. The van der Waals surface area contributed by atoms with Crippen molar-refractivity contribution in [2.45, 2.75) is 6.92 Å². The van der Waals surface area contributed by atoms with Crippen LogP contribution in [0.25, 0.3) is 28.4 Å². The van der Waals surface area contributed by atoms with Crippen LogP contribution in [0.2, 0.25) is 5.02 Å². The van der Waals surface area contributed by atoms with Gasteiger partial charge in [0.2, 0.25) is 0 Å². The van der Waals surface area contributed by atoms with E-state index in [1.54, 1.807) is 67.6 Å². The van der Waals surface area contributed by atoms with Gasteiger partial charge in [-0.25, -0.2) is 9.78 Å². The second-order valence-corrected chi connectivity index (χ2v) is 9.50. The fourth-order valence-corrected chi connectivity index (χ4v) is 4.24. The molecule has 5 rings (SSSR count). The standard InChI is InChI=1S/C32H23ClN4O6/c1-2-42-29-19-22(9-17-28(29)43-30(38)18-10-21-7-15-25(16-8-21)37(40)41)20-34-36-31(23-11-13-24(33)14-12-23)35-27-6-4-3-5-26(27)32(36)39/h3-20H,2H2,1H3/b18-10+,34-20?. The Morgan fingerprint density at radius 2 is 1.72 bits per heavy atom. The highest BCUT2D eigenvalue weighted by Gasteiger charge is 2.14. The number of para-hydroxylation sites is 1. The fraction of sp³-hybridized carbons (Fsp3) is 0.0625. The maximum absolute atomic E-state index is 13.4. The second kappa shape index (κ2) is 12.9. The first-order valence-electron chi connectivity index (χ1n) is 13.1. The number of hydrogen-bond acceptors (Lipinski definition) is 8. The Morgan fingerprint density at radius 3 is 2.44 bits per heavy atom. The number of non-ortho nitro benzene ring substituents is 1. The first kappa shape index (κ1) is 28.9. The van der Waals surface area contributed by atoms with E-state index in [2.05, 4.69) is 10.1 Å². The summed E-state index contributed by atoms with van der Waals surface area (Å²) in [5, 5.41) is 16.2. The number of nitrogens with zero attached hydrogens (tertiary/aromatic N) is 4. The minimum atomic E-state index is -0.665. The number of fused-ring (bicyclic) bond motifs is 1. The molecule has 11 heteroatoms. The molecule has 0 atom stereocenters. The predicted octanol–water partition coefficient (Wildman–Crippen LogP) is 6.52. The molecule has 0 saturated carbocycles. The third kappa shape index (κ3) is 6.83. The van der Waals surface area contributed by atoms with Crippen molar-refractivity contribution >= 4 is 46.5 Å². The smallest absolute Gasteiger partial charge is 0.336 e. The summed E-state index contributed by atoms with van der Waals surface area (Å²) in [5.74, 6) is 0.156. The SMILES string of the molecule is CCOc1cc(C=Nn2c(-c3ccc(Cl)cc3)nc3ccccc3c2=O)ccc1OC(=O)/C=C/c1ccc([N+](=O)[O-])cc1. The van der Waals surface area contributed by atoms with E-state index in [1.165, 1.54) is 47.3 Å². The summed E-state index contributed by atoms with van der Waals surface area (Å²) < 4.78 is 12.4. The van der Waals surface area contributed by atoms with Crippen LogP contribution in [-0.2, 0) is 4.79 Å². The van der Waals surface area contributed by atoms with Crippen LogP contribution in [0.5, 0.6) is 11.5 Å². The zero-order valence-corrected chi connectivity index (χ0v) is 23.5. The summed E-state index contributed by atoms with van der Waals surface area (Å²) in [7, 11) is 0. The number of benzene rings is 4. The molecule has 0 amide bonds. The third-order valence-electron chi connectivity index (χ3n) is 6.17. The largest absolute Gasteiger partial charge is 0.490 e. The van der Waals surface area contributed by atoms with Crippen LogP contribution in [-0.4, -0.2) is 33.4 Å². The van der Waals surface area contributed by atoms with Crippen LogP contribution in [0.3, 0.4) is 0 Å². The monoisotopic (exact) mass is 594 g/mol. The first-order chi connectivity index (χ1) is 20.8. The molecular weight excluding hydrogens is 572 g/mol. The molecule has 214 valence electrons. The quantitative estimate of drug-likeness (QED) is 0.0474. The molecule has 5 aromatic rings. The lowest BCUT2D eigenvalue weighted by molar-refractivity contribution is -0.384. The maximum Gasteiger partial charge on any atom is 0.336 e. The van der Waals surface area contributed by atoms with Gasteiger partial charge in [-0.2, -0.15) is 9.78 Å². The Morgan fingerprint density at radius 1 is 1.00 bits per heavy atom. The summed E-state index contributed by atoms with van der Waals surface area (Å²) in [6.45, 7) is 2.10. The normalized spacial score (nSPS) is 11.3. The summed E-state index contributed by atoms with van der Waals surface area (Å²) in [5.41, 5.74) is 1.97. The number of nitro benzene ring substituents is 1. The maximum atomic E-state index is 13.4. The van der Waals surface area contributed by atoms with Gasteiger partial charge in [0.1, 0.15) is 0 Å². The van der Waals surface area contributed by atoms with Crippen molar-refractivity contribution in [1.82, 2.24) is 9.66 Å². The highest BCUT2D eigenvalue weighted by molar-refractivity contribution is 6.30. The van der Waals surface area contributed by atoms with E-state index < -0.39 is 10.9 Å². The van der Waals surface area contributed by atoms with Gasteiger partial charge in [-0.05, 0) is 90.9 Å². The molecule has 1 heterocycles. The number of aromatic nitrogens is 2. The summed E-state index contributed by atoms with van der Waals surface area (Å²) in [4.78, 5) is 40.9. The molecule has 1 aromatic heterocycles. The number of rotatable bonds is 9. The summed E-state index contributed by atoms with van der Waals surface area (Å²) >= 11 is 6.07. The zero-order chi connectivity index (χ0) is 30.3. The van der Waals surface area contributed by atoms with E-state index in [4.69, 9.17) is 21.1 Å². The highest BCUT2D eigenvalue weighted by atomic mass is 35.5. The van der Waals surface area contributed by atoms with E-state index >= 15 is 0 Å². The zero-order valence-electron chi connectivity index (χ0n) is 22.7. The Balaban J connectivity index is 1.42. The van der Waals surface area contributed by atoms with Gasteiger partial charge in [-0.1, -0.05) is 23.7 Å². The van der Waals surface area contributed by atoms with Crippen LogP contribution >= 0.6 is 11.6 Å². The van der Waals surface area contributed by atoms with Crippen molar-refractivity contribution in [3.63, 3.8) is 0 Å². The molecule has 43 heavy (non-hydrogen) atoms. The number of esters is 1. The van der Waals surface area contributed by atoms with Crippen LogP contribution in [0.15, 0.2) is 107 Å². The number of ether oxygens (including phenoxy) is 2. The molecule has 0 bridgehead atoms. The minimum Gasteiger partial charge on any atom is -0.490 e. The first-order valence-corrected chi connectivity index (χ1v) is 13.4. The van der Waals surface area contributed by atoms with E-state index in [9.17, 15) is 19.7 Å². The van der Waals surface area contributed by atoms with Gasteiger partial charge in [-0.3, -0.25) is 14.9 Å². The molecule has 4 aromatic carbocycles. The third-order valence-corrected chi connectivity index (χ3v) is 6.42. The van der Waals surface area contributed by atoms with Crippen molar-refractivity contribution in [2.24, 2.45) is 5.10 Å². The van der Waals surface area contributed by atoms with Crippen molar-refractivity contribution in [3.05, 3.63) is 134 Å². The van der Waals surface area contributed by atoms with E-state index in [0.29, 0.717) is 50.8 Å². The Kier molecular flexibility index (Phi) is 8.69. The molecule has 0 N–H and O–H groups in total. The number of halogens is 1. The van der Waals surface area contributed by atoms with E-state index in [-0.39, 0.29) is 17.0 Å². The molecule has 0 spiro atoms. The molecule has 0 radical (unpaired) electrons. The van der Waals surface area contributed by atoms with Crippen molar-refractivity contribution in [1.29, 1.82) is 0 Å². The molecule has 0 saturated heterocycles.